The second-order valence-electron chi connectivity index (χ2n) is 16.5. The molecule has 2 aliphatic rings. The molecule has 5 aromatic rings. The number of H-pyrrole nitrogens is 2. The number of aromatic nitrogens is 4. The molecule has 2 saturated heterocycles. The zero-order valence-corrected chi connectivity index (χ0v) is 35.5. The molecule has 14 nitrogen and oxygen atoms in total. The van der Waals surface area contributed by atoms with Gasteiger partial charge in [-0.15, -0.1) is 0 Å². The molecule has 3 aromatic carbocycles. The highest BCUT2D eigenvalue weighted by atomic mass is 35.5. The summed E-state index contributed by atoms with van der Waals surface area (Å²) in [6, 6.07) is 16.3. The molecule has 4 N–H and O–H groups in total. The molecule has 0 aliphatic carbocycles. The van der Waals surface area contributed by atoms with E-state index in [-0.39, 0.29) is 47.8 Å². The predicted molar refractivity (Wildman–Crippen MR) is 227 cm³/mol. The van der Waals surface area contributed by atoms with Crippen LogP contribution in [0.4, 0.5) is 9.59 Å². The molecular weight excluding hydrogens is 772 g/mol. The summed E-state index contributed by atoms with van der Waals surface area (Å²) in [7, 11) is 2.57. The van der Waals surface area contributed by atoms with E-state index in [0.717, 1.165) is 63.6 Å². The van der Waals surface area contributed by atoms with Crippen LogP contribution < -0.4 is 10.6 Å². The molecule has 4 heterocycles. The van der Waals surface area contributed by atoms with Crippen LogP contribution in [-0.4, -0.2) is 92.1 Å². The van der Waals surface area contributed by atoms with E-state index in [9.17, 15) is 19.2 Å². The Labute approximate surface area is 348 Å². The maximum atomic E-state index is 13.9. The van der Waals surface area contributed by atoms with E-state index in [0.29, 0.717) is 23.1 Å². The lowest BCUT2D eigenvalue weighted by molar-refractivity contribution is -0.138. The monoisotopic (exact) mass is 824 g/mol. The highest BCUT2D eigenvalue weighted by molar-refractivity contribution is 6.32. The molecule has 312 valence electrons. The first-order valence-electron chi connectivity index (χ1n) is 20.3. The largest absolute Gasteiger partial charge is 0.453 e. The molecule has 4 amide bonds. The fourth-order valence-electron chi connectivity index (χ4n) is 8.66. The third kappa shape index (κ3) is 8.06. The third-order valence-corrected chi connectivity index (χ3v) is 12.2. The first-order chi connectivity index (χ1) is 28.2. The fourth-order valence-corrected chi connectivity index (χ4v) is 8.91. The zero-order chi connectivity index (χ0) is 42.3. The molecule has 0 radical (unpaired) electrons. The number of likely N-dealkylation sites (tertiary alicyclic amines) is 2. The van der Waals surface area contributed by atoms with Crippen molar-refractivity contribution in [2.45, 2.75) is 103 Å². The predicted octanol–water partition coefficient (Wildman–Crippen LogP) is 8.29. The van der Waals surface area contributed by atoms with Crippen LogP contribution in [0.2, 0.25) is 5.15 Å². The summed E-state index contributed by atoms with van der Waals surface area (Å²) in [4.78, 5) is 72.3. The van der Waals surface area contributed by atoms with Crippen LogP contribution in [0.5, 0.6) is 0 Å². The molecule has 2 fully saturated rings. The molecule has 59 heavy (non-hydrogen) atoms. The van der Waals surface area contributed by atoms with E-state index >= 15 is 0 Å². The second-order valence-corrected chi connectivity index (χ2v) is 16.9. The molecule has 0 bridgehead atoms. The number of methoxy groups -OCH3 is 2. The smallest absolute Gasteiger partial charge is 0.407 e. The summed E-state index contributed by atoms with van der Waals surface area (Å²) in [5, 5.41) is 7.84. The summed E-state index contributed by atoms with van der Waals surface area (Å²) in [5.74, 6) is 0.717. The van der Waals surface area contributed by atoms with Gasteiger partial charge < -0.3 is 39.9 Å². The van der Waals surface area contributed by atoms with Crippen molar-refractivity contribution in [3.05, 3.63) is 71.4 Å². The van der Waals surface area contributed by atoms with E-state index in [4.69, 9.17) is 31.0 Å². The highest BCUT2D eigenvalue weighted by Crippen LogP contribution is 2.40. The van der Waals surface area contributed by atoms with Gasteiger partial charge in [-0.2, -0.15) is 0 Å². The number of carbonyl (C=O) groups is 4. The van der Waals surface area contributed by atoms with Crippen LogP contribution in [-0.2, 0) is 19.1 Å². The Balaban J connectivity index is 1.11. The summed E-state index contributed by atoms with van der Waals surface area (Å²) in [6.45, 7) is 11.6. The lowest BCUT2D eigenvalue weighted by Gasteiger charge is -2.32. The van der Waals surface area contributed by atoms with Crippen LogP contribution in [0.25, 0.3) is 44.2 Å². The van der Waals surface area contributed by atoms with E-state index in [2.05, 4.69) is 44.9 Å². The van der Waals surface area contributed by atoms with Crippen LogP contribution in [0.3, 0.4) is 0 Å². The Kier molecular flexibility index (Phi) is 11.9. The number of hydrogen-bond acceptors (Lipinski definition) is 8. The Hall–Kier alpha value is -5.63. The number of fused-ring (bicyclic) bond motifs is 3. The fraction of sp³-hybridized carbons (Fsp3) is 0.455. The Bertz CT molecular complexity index is 2370. The number of carbonyl (C=O) groups excluding carboxylic acids is 4. The van der Waals surface area contributed by atoms with Gasteiger partial charge in [-0.25, -0.2) is 19.6 Å². The SMILES string of the molecule is COC(=O)N[C@H](C(=O)N1[C@@H](C)CC[C@H]1c1nc(-c2ccc(-c3ccc4c(ccc5[nH]c([C@@H]6CC[C@H](C)N6C(=O)[C@@H](NC(=O)OC)C(C)C)nc54)c3)cc2)c(Cl)[nH]1)C(C)C. The number of amides is 4. The number of imidazole rings is 2. The van der Waals surface area contributed by atoms with Crippen LogP contribution in [0, 0.1) is 11.8 Å². The van der Waals surface area contributed by atoms with Crippen LogP contribution >= 0.6 is 11.6 Å². The van der Waals surface area contributed by atoms with Crippen molar-refractivity contribution in [2.24, 2.45) is 11.8 Å². The van der Waals surface area contributed by atoms with Crippen molar-refractivity contribution in [3.8, 4) is 22.4 Å². The van der Waals surface area contributed by atoms with Gasteiger partial charge in [0.05, 0.1) is 37.3 Å². The number of benzene rings is 3. The normalized spacial score (nSPS) is 20.4. The summed E-state index contributed by atoms with van der Waals surface area (Å²) in [5.41, 5.74) is 5.19. The number of hydrogen-bond donors (Lipinski definition) is 4. The highest BCUT2D eigenvalue weighted by Gasteiger charge is 2.43. The number of ether oxygens (including phenoxy) is 2. The van der Waals surface area contributed by atoms with Crippen LogP contribution in [0.1, 0.15) is 91.0 Å². The lowest BCUT2D eigenvalue weighted by atomic mass is 9.99. The second kappa shape index (κ2) is 16.9. The number of alkyl carbamates (subject to hydrolysis) is 2. The van der Waals surface area contributed by atoms with Gasteiger partial charge in [-0.3, -0.25) is 9.59 Å². The molecule has 2 aliphatic heterocycles. The molecule has 0 spiro atoms. The van der Waals surface area contributed by atoms with Crippen molar-refractivity contribution >= 4 is 57.4 Å². The van der Waals surface area contributed by atoms with Crippen molar-refractivity contribution in [1.82, 2.24) is 40.4 Å². The molecule has 0 saturated carbocycles. The van der Waals surface area contributed by atoms with E-state index in [1.807, 2.05) is 76.8 Å². The molecule has 6 atom stereocenters. The van der Waals surface area contributed by atoms with Gasteiger partial charge in [0.1, 0.15) is 34.6 Å². The van der Waals surface area contributed by atoms with Gasteiger partial charge in [-0.1, -0.05) is 81.8 Å². The Morgan fingerprint density at radius 1 is 0.695 bits per heavy atom. The van der Waals surface area contributed by atoms with E-state index < -0.39 is 24.3 Å². The molecule has 2 aromatic heterocycles. The minimum Gasteiger partial charge on any atom is -0.453 e. The Morgan fingerprint density at radius 3 is 1.73 bits per heavy atom. The molecule has 7 rings (SSSR count). The summed E-state index contributed by atoms with van der Waals surface area (Å²) in [6.07, 6.45) is 1.79. The quantitative estimate of drug-likeness (QED) is 0.109. The summed E-state index contributed by atoms with van der Waals surface area (Å²) >= 11 is 6.77. The van der Waals surface area contributed by atoms with Gasteiger partial charge in [0, 0.05) is 23.0 Å². The topological polar surface area (TPSA) is 175 Å². The first-order valence-corrected chi connectivity index (χ1v) is 20.7. The van der Waals surface area contributed by atoms with Gasteiger partial charge in [0.15, 0.2) is 0 Å². The van der Waals surface area contributed by atoms with Gasteiger partial charge in [-0.05, 0) is 80.0 Å². The molecular formula is C44H53ClN8O6. The number of rotatable bonds is 10. The van der Waals surface area contributed by atoms with Gasteiger partial charge >= 0.3 is 12.2 Å². The van der Waals surface area contributed by atoms with Crippen molar-refractivity contribution in [3.63, 3.8) is 0 Å². The van der Waals surface area contributed by atoms with E-state index in [1.54, 1.807) is 4.90 Å². The average molecular weight is 825 g/mol. The zero-order valence-electron chi connectivity index (χ0n) is 34.8. The summed E-state index contributed by atoms with van der Waals surface area (Å²) < 4.78 is 9.60. The van der Waals surface area contributed by atoms with Gasteiger partial charge in [0.25, 0.3) is 0 Å². The minimum absolute atomic E-state index is 0.0174. The average Bonchev–Trinajstić information content (AvgIpc) is 4.02. The van der Waals surface area contributed by atoms with E-state index in [1.165, 1.54) is 14.2 Å². The van der Waals surface area contributed by atoms with Gasteiger partial charge in [0.2, 0.25) is 11.8 Å². The first kappa shape index (κ1) is 41.5. The maximum Gasteiger partial charge on any atom is 0.407 e. The van der Waals surface area contributed by atoms with Crippen molar-refractivity contribution in [1.29, 1.82) is 0 Å². The number of nitrogens with zero attached hydrogens (tertiary/aromatic N) is 4. The number of halogens is 1. The third-order valence-electron chi connectivity index (χ3n) is 11.9. The molecule has 15 heteroatoms. The lowest BCUT2D eigenvalue weighted by Crippen LogP contribution is -2.52. The molecule has 0 unspecified atom stereocenters. The standard InChI is InChI=1S/C44H53ClN8O6/c1-22(2)34(49-43(56)58-7)41(54)52-24(5)9-19-32(52)39-46-31-18-16-29-21-28(15-17-30(29)37(31)48-39)26-11-13-27(14-12-26)36-38(45)51-40(47-36)33-20-10-25(6)53(33)42(55)35(23(3)4)50-44(57)59-8/h11-18,21-25,32-35H,9-10,19-20H2,1-8H3,(H,46,48)(H,47,51)(H,49,56)(H,50,57)/t24-,25-,32-,33-,34-,35-/m0/s1. The van der Waals surface area contributed by atoms with Crippen molar-refractivity contribution in [2.75, 3.05) is 14.2 Å². The van der Waals surface area contributed by atoms with Crippen molar-refractivity contribution < 1.29 is 28.7 Å². The van der Waals surface area contributed by atoms with Crippen LogP contribution in [0.15, 0.2) is 54.6 Å². The Morgan fingerprint density at radius 2 is 1.20 bits per heavy atom. The number of nitrogens with one attached hydrogen (secondary N) is 4. The maximum absolute atomic E-state index is 13.9. The minimum atomic E-state index is -0.744. The number of aromatic amines is 2.